The molecule has 1 unspecified atom stereocenters. The van der Waals surface area contributed by atoms with Crippen LogP contribution in [-0.2, 0) is 0 Å². The third-order valence-corrected chi connectivity index (χ3v) is 1.47. The Kier molecular flexibility index (Phi) is 3.03. The summed E-state index contributed by atoms with van der Waals surface area (Å²) < 4.78 is 4.50. The molecule has 1 heterocycles. The van der Waals surface area contributed by atoms with E-state index in [4.69, 9.17) is 5.26 Å². The molecule has 0 saturated carbocycles. The van der Waals surface area contributed by atoms with E-state index in [2.05, 4.69) is 15.0 Å². The number of hydrogen-bond acceptors (Lipinski definition) is 4. The molecule has 1 N–H and O–H groups in total. The predicted molar refractivity (Wildman–Crippen MR) is 43.7 cm³/mol. The first-order chi connectivity index (χ1) is 6.24. The van der Waals surface area contributed by atoms with Crippen LogP contribution in [0.4, 0.5) is 0 Å². The summed E-state index contributed by atoms with van der Waals surface area (Å²) in [7, 11) is 0. The van der Waals surface area contributed by atoms with Gasteiger partial charge < -0.3 is 9.84 Å². The van der Waals surface area contributed by atoms with Crippen molar-refractivity contribution in [3.63, 3.8) is 0 Å². The summed E-state index contributed by atoms with van der Waals surface area (Å²) in [5, 5.41) is 14.4. The van der Waals surface area contributed by atoms with Crippen LogP contribution in [0, 0.1) is 11.3 Å². The normalized spacial score (nSPS) is 11.7. The Hall–Kier alpha value is -1.83. The minimum Gasteiger partial charge on any atom is -0.364 e. The fourth-order valence-corrected chi connectivity index (χ4v) is 0.812. The van der Waals surface area contributed by atoms with Crippen LogP contribution in [0.3, 0.4) is 0 Å². The van der Waals surface area contributed by atoms with Gasteiger partial charge in [-0.25, -0.2) is 0 Å². The maximum Gasteiger partial charge on any atom is 0.256 e. The Morgan fingerprint density at radius 2 is 2.69 bits per heavy atom. The molecule has 1 amide bonds. The second-order valence-corrected chi connectivity index (χ2v) is 2.65. The average molecular weight is 179 g/mol. The smallest absolute Gasteiger partial charge is 0.256 e. The summed E-state index contributed by atoms with van der Waals surface area (Å²) in [5.74, 6) is -0.274. The summed E-state index contributed by atoms with van der Waals surface area (Å²) >= 11 is 0. The van der Waals surface area contributed by atoms with Crippen LogP contribution in [0.25, 0.3) is 0 Å². The number of nitriles is 1. The van der Waals surface area contributed by atoms with E-state index in [0.717, 1.165) is 0 Å². The lowest BCUT2D eigenvalue weighted by atomic mass is 10.2. The van der Waals surface area contributed by atoms with E-state index in [9.17, 15) is 4.79 Å². The largest absolute Gasteiger partial charge is 0.364 e. The maximum atomic E-state index is 11.3. The Labute approximate surface area is 75.3 Å². The summed E-state index contributed by atoms with van der Waals surface area (Å²) in [5.41, 5.74) is 0.366. The molecule has 5 nitrogen and oxygen atoms in total. The predicted octanol–water partition coefficient (Wildman–Crippen LogP) is 0.707. The Bertz CT molecular complexity index is 313. The Morgan fingerprint density at radius 1 is 1.92 bits per heavy atom. The van der Waals surface area contributed by atoms with Gasteiger partial charge in [-0.15, -0.1) is 0 Å². The lowest BCUT2D eigenvalue weighted by Gasteiger charge is -2.07. The highest BCUT2D eigenvalue weighted by Crippen LogP contribution is 1.97. The molecule has 0 aliphatic carbocycles. The number of amides is 1. The highest BCUT2D eigenvalue weighted by molar-refractivity contribution is 5.93. The van der Waals surface area contributed by atoms with Crippen LogP contribution >= 0.6 is 0 Å². The van der Waals surface area contributed by atoms with Crippen molar-refractivity contribution in [2.75, 3.05) is 0 Å². The first-order valence-corrected chi connectivity index (χ1v) is 3.81. The molecule has 0 aromatic carbocycles. The van der Waals surface area contributed by atoms with Crippen molar-refractivity contribution in [1.29, 1.82) is 5.26 Å². The highest BCUT2D eigenvalue weighted by Gasteiger charge is 2.10. The van der Waals surface area contributed by atoms with Crippen LogP contribution < -0.4 is 5.32 Å². The summed E-state index contributed by atoms with van der Waals surface area (Å²) in [6.45, 7) is 1.76. The van der Waals surface area contributed by atoms with Gasteiger partial charge in [0.15, 0.2) is 0 Å². The monoisotopic (exact) mass is 179 g/mol. The van der Waals surface area contributed by atoms with Gasteiger partial charge in [0.05, 0.1) is 24.3 Å². The van der Waals surface area contributed by atoms with Crippen molar-refractivity contribution < 1.29 is 9.32 Å². The molecular formula is C8H9N3O2. The zero-order valence-electron chi connectivity index (χ0n) is 7.15. The molecule has 68 valence electrons. The number of rotatable bonds is 3. The molecule has 1 aromatic rings. The summed E-state index contributed by atoms with van der Waals surface area (Å²) in [6.07, 6.45) is 2.87. The number of hydrogen-bond donors (Lipinski definition) is 1. The fraction of sp³-hybridized carbons (Fsp3) is 0.375. The van der Waals surface area contributed by atoms with Crippen molar-refractivity contribution in [2.24, 2.45) is 0 Å². The van der Waals surface area contributed by atoms with Crippen molar-refractivity contribution in [3.8, 4) is 6.07 Å². The standard InChI is InChI=1S/C8H9N3O2/c1-6(2-3-9)11-8(12)7-4-10-13-5-7/h4-6H,2H2,1H3,(H,11,12). The minimum absolute atomic E-state index is 0.160. The zero-order valence-corrected chi connectivity index (χ0v) is 7.15. The molecule has 1 rings (SSSR count). The van der Waals surface area contributed by atoms with E-state index in [0.29, 0.717) is 5.56 Å². The second-order valence-electron chi connectivity index (χ2n) is 2.65. The molecule has 1 atom stereocenters. The van der Waals surface area contributed by atoms with Gasteiger partial charge in [-0.2, -0.15) is 5.26 Å². The molecule has 0 radical (unpaired) electrons. The van der Waals surface area contributed by atoms with E-state index >= 15 is 0 Å². The third-order valence-electron chi connectivity index (χ3n) is 1.47. The number of nitrogens with zero attached hydrogens (tertiary/aromatic N) is 2. The second kappa shape index (κ2) is 4.26. The Morgan fingerprint density at radius 3 is 3.23 bits per heavy atom. The van der Waals surface area contributed by atoms with Gasteiger partial charge in [-0.1, -0.05) is 5.16 Å². The van der Waals surface area contributed by atoms with E-state index in [1.54, 1.807) is 6.92 Å². The number of aromatic nitrogens is 1. The van der Waals surface area contributed by atoms with Gasteiger partial charge in [0.2, 0.25) is 0 Å². The van der Waals surface area contributed by atoms with Crippen LogP contribution in [-0.4, -0.2) is 17.1 Å². The third kappa shape index (κ3) is 2.60. The summed E-state index contributed by atoms with van der Waals surface area (Å²) in [6, 6.07) is 1.80. The van der Waals surface area contributed by atoms with Gasteiger partial charge in [-0.3, -0.25) is 4.79 Å². The summed E-state index contributed by atoms with van der Waals surface area (Å²) in [4.78, 5) is 11.3. The lowest BCUT2D eigenvalue weighted by molar-refractivity contribution is 0.0940. The van der Waals surface area contributed by atoms with E-state index in [1.165, 1.54) is 12.5 Å². The maximum absolute atomic E-state index is 11.3. The van der Waals surface area contributed by atoms with Crippen LogP contribution in [0.15, 0.2) is 17.0 Å². The van der Waals surface area contributed by atoms with Crippen molar-refractivity contribution in [2.45, 2.75) is 19.4 Å². The van der Waals surface area contributed by atoms with E-state index < -0.39 is 0 Å². The Balaban J connectivity index is 2.48. The molecule has 0 bridgehead atoms. The first kappa shape index (κ1) is 9.26. The van der Waals surface area contributed by atoms with E-state index in [-0.39, 0.29) is 18.4 Å². The molecular weight excluding hydrogens is 170 g/mol. The quantitative estimate of drug-likeness (QED) is 0.740. The molecule has 0 aliphatic rings. The van der Waals surface area contributed by atoms with Gasteiger partial charge in [0.25, 0.3) is 5.91 Å². The molecule has 0 saturated heterocycles. The zero-order chi connectivity index (χ0) is 9.68. The van der Waals surface area contributed by atoms with Crippen molar-refractivity contribution in [3.05, 3.63) is 18.0 Å². The molecule has 1 aromatic heterocycles. The topological polar surface area (TPSA) is 78.9 Å². The molecule has 0 spiro atoms. The van der Waals surface area contributed by atoms with Gasteiger partial charge in [0.1, 0.15) is 6.26 Å². The number of carbonyl (C=O) groups excluding carboxylic acids is 1. The SMILES string of the molecule is CC(CC#N)NC(=O)c1cnoc1. The molecule has 5 heteroatoms. The van der Waals surface area contributed by atoms with Crippen LogP contribution in [0.2, 0.25) is 0 Å². The van der Waals surface area contributed by atoms with Crippen LogP contribution in [0.1, 0.15) is 23.7 Å². The molecule has 13 heavy (non-hydrogen) atoms. The van der Waals surface area contributed by atoms with Gasteiger partial charge in [0, 0.05) is 6.04 Å². The molecule has 0 fully saturated rings. The lowest BCUT2D eigenvalue weighted by Crippen LogP contribution is -2.31. The highest BCUT2D eigenvalue weighted by atomic mass is 16.5. The first-order valence-electron chi connectivity index (χ1n) is 3.81. The molecule has 0 aliphatic heterocycles. The fourth-order valence-electron chi connectivity index (χ4n) is 0.812. The van der Waals surface area contributed by atoms with Crippen molar-refractivity contribution in [1.82, 2.24) is 10.5 Å². The minimum atomic E-state index is -0.274. The van der Waals surface area contributed by atoms with Gasteiger partial charge in [-0.05, 0) is 6.92 Å². The van der Waals surface area contributed by atoms with Crippen molar-refractivity contribution >= 4 is 5.91 Å². The van der Waals surface area contributed by atoms with Gasteiger partial charge >= 0.3 is 0 Å². The number of carbonyl (C=O) groups is 1. The number of nitrogens with one attached hydrogen (secondary N) is 1. The van der Waals surface area contributed by atoms with E-state index in [1.807, 2.05) is 6.07 Å². The average Bonchev–Trinajstić information content (AvgIpc) is 2.55. The van der Waals surface area contributed by atoms with Crippen LogP contribution in [0.5, 0.6) is 0 Å².